The maximum atomic E-state index is 10.2. The first-order valence-electron chi connectivity index (χ1n) is 3.23. The van der Waals surface area contributed by atoms with Crippen LogP contribution in [0.3, 0.4) is 0 Å². The van der Waals surface area contributed by atoms with Gasteiger partial charge in [-0.2, -0.15) is 0 Å². The predicted molar refractivity (Wildman–Crippen MR) is 35.7 cm³/mol. The SMILES string of the molecule is C[C@@H](C[C@H]([NH3+])C(=O)O)C(=O)O. The molecule has 0 aromatic carbocycles. The Balaban J connectivity index is 3.84. The molecule has 0 spiro atoms. The van der Waals surface area contributed by atoms with E-state index < -0.39 is 23.9 Å². The quantitative estimate of drug-likeness (QED) is 0.482. The van der Waals surface area contributed by atoms with Gasteiger partial charge in [-0.1, -0.05) is 6.92 Å². The summed E-state index contributed by atoms with van der Waals surface area (Å²) in [6.45, 7) is 1.46. The van der Waals surface area contributed by atoms with E-state index in [4.69, 9.17) is 10.2 Å². The molecule has 0 aromatic heterocycles. The van der Waals surface area contributed by atoms with Crippen LogP contribution in [0.5, 0.6) is 0 Å². The molecule has 5 heteroatoms. The van der Waals surface area contributed by atoms with Crippen LogP contribution in [0.1, 0.15) is 13.3 Å². The highest BCUT2D eigenvalue weighted by Gasteiger charge is 2.22. The van der Waals surface area contributed by atoms with Crippen molar-refractivity contribution in [3.05, 3.63) is 0 Å². The Kier molecular flexibility index (Phi) is 3.53. The van der Waals surface area contributed by atoms with Crippen LogP contribution in [-0.4, -0.2) is 28.2 Å². The summed E-state index contributed by atoms with van der Waals surface area (Å²) in [6.07, 6.45) is 0.0741. The van der Waals surface area contributed by atoms with Crippen LogP contribution in [-0.2, 0) is 9.59 Å². The average molecular weight is 162 g/mol. The molecular formula is C6H12NO4+. The zero-order valence-corrected chi connectivity index (χ0v) is 6.28. The molecule has 0 rings (SSSR count). The highest BCUT2D eigenvalue weighted by atomic mass is 16.4. The van der Waals surface area contributed by atoms with E-state index >= 15 is 0 Å². The third kappa shape index (κ3) is 3.57. The van der Waals surface area contributed by atoms with Crippen LogP contribution in [0, 0.1) is 5.92 Å². The van der Waals surface area contributed by atoms with Crippen molar-refractivity contribution in [1.29, 1.82) is 0 Å². The Bertz CT molecular complexity index is 150. The fourth-order valence-corrected chi connectivity index (χ4v) is 0.628. The summed E-state index contributed by atoms with van der Waals surface area (Å²) in [5, 5.41) is 16.7. The largest absolute Gasteiger partial charge is 0.481 e. The Morgan fingerprint density at radius 3 is 2.09 bits per heavy atom. The van der Waals surface area contributed by atoms with Gasteiger partial charge >= 0.3 is 11.9 Å². The molecule has 64 valence electrons. The molecule has 0 unspecified atom stereocenters. The highest BCUT2D eigenvalue weighted by Crippen LogP contribution is 2.02. The van der Waals surface area contributed by atoms with E-state index in [2.05, 4.69) is 5.73 Å². The standard InChI is InChI=1S/C6H11NO4/c1-3(5(8)9)2-4(7)6(10)11/h3-4H,2,7H2,1H3,(H,8,9)(H,10,11)/p+1/t3-,4-/m0/s1. The Labute approximate surface area is 63.8 Å². The van der Waals surface area contributed by atoms with E-state index in [-0.39, 0.29) is 6.42 Å². The molecule has 0 saturated heterocycles. The van der Waals surface area contributed by atoms with Crippen molar-refractivity contribution in [2.75, 3.05) is 0 Å². The van der Waals surface area contributed by atoms with E-state index in [1.807, 2.05) is 0 Å². The van der Waals surface area contributed by atoms with Crippen molar-refractivity contribution in [2.24, 2.45) is 5.92 Å². The first-order valence-corrected chi connectivity index (χ1v) is 3.23. The smallest absolute Gasteiger partial charge is 0.362 e. The van der Waals surface area contributed by atoms with E-state index in [9.17, 15) is 9.59 Å². The molecule has 0 bridgehead atoms. The third-order valence-corrected chi connectivity index (χ3v) is 1.41. The van der Waals surface area contributed by atoms with Crippen LogP contribution in [0.2, 0.25) is 0 Å². The summed E-state index contributed by atoms with van der Waals surface area (Å²) in [5.74, 6) is -2.69. The molecule has 0 saturated carbocycles. The van der Waals surface area contributed by atoms with Crippen LogP contribution in [0.4, 0.5) is 0 Å². The molecule has 0 aliphatic carbocycles. The molecule has 11 heavy (non-hydrogen) atoms. The topological polar surface area (TPSA) is 102 Å². The number of aliphatic carboxylic acids is 2. The lowest BCUT2D eigenvalue weighted by molar-refractivity contribution is -0.410. The Morgan fingerprint density at radius 1 is 1.36 bits per heavy atom. The Morgan fingerprint density at radius 2 is 1.82 bits per heavy atom. The van der Waals surface area contributed by atoms with Crippen molar-refractivity contribution < 1.29 is 25.5 Å². The van der Waals surface area contributed by atoms with Gasteiger partial charge in [-0.25, -0.2) is 4.79 Å². The van der Waals surface area contributed by atoms with Gasteiger partial charge in [0.15, 0.2) is 6.04 Å². The van der Waals surface area contributed by atoms with Crippen molar-refractivity contribution in [2.45, 2.75) is 19.4 Å². The zero-order chi connectivity index (χ0) is 9.02. The van der Waals surface area contributed by atoms with E-state index in [1.165, 1.54) is 6.92 Å². The molecule has 0 amide bonds. The van der Waals surface area contributed by atoms with Crippen molar-refractivity contribution >= 4 is 11.9 Å². The van der Waals surface area contributed by atoms with Gasteiger partial charge < -0.3 is 15.9 Å². The first-order chi connectivity index (χ1) is 4.95. The predicted octanol–water partition coefficient (Wildman–Crippen LogP) is -1.21. The number of quaternary nitrogens is 1. The van der Waals surface area contributed by atoms with Crippen LogP contribution >= 0.6 is 0 Å². The van der Waals surface area contributed by atoms with Crippen molar-refractivity contribution in [1.82, 2.24) is 0 Å². The number of carbonyl (C=O) groups is 2. The average Bonchev–Trinajstić information content (AvgIpc) is 1.87. The third-order valence-electron chi connectivity index (χ3n) is 1.41. The van der Waals surface area contributed by atoms with Gasteiger partial charge in [-0.15, -0.1) is 0 Å². The normalized spacial score (nSPS) is 15.5. The lowest BCUT2D eigenvalue weighted by Crippen LogP contribution is -2.65. The molecule has 0 fully saturated rings. The minimum absolute atomic E-state index is 0.0741. The molecule has 2 atom stereocenters. The first kappa shape index (κ1) is 9.90. The molecule has 0 aliphatic rings. The van der Waals surface area contributed by atoms with Gasteiger partial charge in [0.2, 0.25) is 0 Å². The lowest BCUT2D eigenvalue weighted by atomic mass is 10.0. The number of rotatable bonds is 4. The lowest BCUT2D eigenvalue weighted by Gasteiger charge is -2.06. The van der Waals surface area contributed by atoms with Gasteiger partial charge in [0.1, 0.15) is 0 Å². The van der Waals surface area contributed by atoms with Crippen molar-refractivity contribution in [3.8, 4) is 0 Å². The monoisotopic (exact) mass is 162 g/mol. The molecular weight excluding hydrogens is 150 g/mol. The van der Waals surface area contributed by atoms with Crippen LogP contribution < -0.4 is 5.73 Å². The number of hydrogen-bond acceptors (Lipinski definition) is 2. The number of carboxylic acid groups (broad SMARTS) is 2. The summed E-state index contributed by atoms with van der Waals surface area (Å²) in [7, 11) is 0. The molecule has 0 aliphatic heterocycles. The summed E-state index contributed by atoms with van der Waals surface area (Å²) in [6, 6.07) is -0.832. The van der Waals surface area contributed by atoms with Crippen LogP contribution in [0.15, 0.2) is 0 Å². The molecule has 0 heterocycles. The van der Waals surface area contributed by atoms with Gasteiger partial charge in [0.05, 0.1) is 5.92 Å². The minimum Gasteiger partial charge on any atom is -0.481 e. The fourth-order valence-electron chi connectivity index (χ4n) is 0.628. The fraction of sp³-hybridized carbons (Fsp3) is 0.667. The summed E-state index contributed by atoms with van der Waals surface area (Å²) in [5.41, 5.74) is 3.30. The summed E-state index contributed by atoms with van der Waals surface area (Å²) >= 11 is 0. The van der Waals surface area contributed by atoms with Gasteiger partial charge in [0, 0.05) is 6.42 Å². The van der Waals surface area contributed by atoms with Gasteiger partial charge in [-0.05, 0) is 0 Å². The van der Waals surface area contributed by atoms with E-state index in [0.29, 0.717) is 0 Å². The summed E-state index contributed by atoms with van der Waals surface area (Å²) in [4.78, 5) is 20.4. The Hall–Kier alpha value is -1.10. The molecule has 5 N–H and O–H groups in total. The van der Waals surface area contributed by atoms with Gasteiger partial charge in [0.25, 0.3) is 0 Å². The second kappa shape index (κ2) is 3.92. The van der Waals surface area contributed by atoms with E-state index in [1.54, 1.807) is 0 Å². The maximum absolute atomic E-state index is 10.2. The number of hydrogen-bond donors (Lipinski definition) is 3. The van der Waals surface area contributed by atoms with Gasteiger partial charge in [-0.3, -0.25) is 4.79 Å². The number of carboxylic acids is 2. The molecule has 0 radical (unpaired) electrons. The second-order valence-corrected chi connectivity index (χ2v) is 2.51. The minimum atomic E-state index is -1.06. The molecule has 0 aromatic rings. The zero-order valence-electron chi connectivity index (χ0n) is 6.28. The van der Waals surface area contributed by atoms with Crippen molar-refractivity contribution in [3.63, 3.8) is 0 Å². The van der Waals surface area contributed by atoms with Crippen LogP contribution in [0.25, 0.3) is 0 Å². The maximum Gasteiger partial charge on any atom is 0.362 e. The highest BCUT2D eigenvalue weighted by molar-refractivity contribution is 5.74. The van der Waals surface area contributed by atoms with E-state index in [0.717, 1.165) is 0 Å². The summed E-state index contributed by atoms with van der Waals surface area (Å²) < 4.78 is 0. The second-order valence-electron chi connectivity index (χ2n) is 2.51. The molecule has 5 nitrogen and oxygen atoms in total.